The number of ether oxygens (including phenoxy) is 1. The monoisotopic (exact) mass is 277 g/mol. The van der Waals surface area contributed by atoms with E-state index in [9.17, 15) is 0 Å². The third-order valence-corrected chi connectivity index (χ3v) is 3.49. The second-order valence-corrected chi connectivity index (χ2v) is 4.97. The third kappa shape index (κ3) is 3.06. The zero-order valence-electron chi connectivity index (χ0n) is 11.2. The van der Waals surface area contributed by atoms with Crippen molar-refractivity contribution >= 4 is 11.6 Å². The van der Waals surface area contributed by atoms with Crippen LogP contribution in [-0.4, -0.2) is 10.1 Å². The molecule has 0 aliphatic heterocycles. The highest BCUT2D eigenvalue weighted by atomic mass is 35.5. The molecule has 0 atom stereocenters. The summed E-state index contributed by atoms with van der Waals surface area (Å²) in [5.74, 6) is 1.25. The molecule has 100 valence electrons. The number of aromatic nitrogens is 1. The van der Waals surface area contributed by atoms with Gasteiger partial charge < -0.3 is 9.84 Å². The Morgan fingerprint density at radius 1 is 1.11 bits per heavy atom. The van der Waals surface area contributed by atoms with Gasteiger partial charge in [0.05, 0.1) is 6.61 Å². The largest absolute Gasteiger partial charge is 0.439 e. The van der Waals surface area contributed by atoms with Crippen LogP contribution < -0.4 is 4.74 Å². The van der Waals surface area contributed by atoms with Crippen LogP contribution in [0.2, 0.25) is 5.02 Å². The van der Waals surface area contributed by atoms with Gasteiger partial charge in [-0.2, -0.15) is 0 Å². The van der Waals surface area contributed by atoms with E-state index in [4.69, 9.17) is 21.4 Å². The van der Waals surface area contributed by atoms with Gasteiger partial charge in [-0.25, -0.2) is 4.98 Å². The van der Waals surface area contributed by atoms with E-state index >= 15 is 0 Å². The molecule has 0 saturated carbocycles. The van der Waals surface area contributed by atoms with E-state index in [-0.39, 0.29) is 6.61 Å². The fourth-order valence-corrected chi connectivity index (χ4v) is 2.00. The smallest absolute Gasteiger partial charge is 0.222 e. The van der Waals surface area contributed by atoms with Gasteiger partial charge in [-0.15, -0.1) is 0 Å². The number of aryl methyl sites for hydroxylation is 3. The van der Waals surface area contributed by atoms with Crippen molar-refractivity contribution in [3.8, 4) is 11.6 Å². The van der Waals surface area contributed by atoms with Crippen LogP contribution in [-0.2, 0) is 6.61 Å². The van der Waals surface area contributed by atoms with Crippen LogP contribution in [0.3, 0.4) is 0 Å². The van der Waals surface area contributed by atoms with Crippen molar-refractivity contribution in [2.45, 2.75) is 27.4 Å². The number of hydrogen-bond acceptors (Lipinski definition) is 3. The van der Waals surface area contributed by atoms with E-state index in [1.165, 1.54) is 0 Å². The molecule has 0 spiro atoms. The van der Waals surface area contributed by atoms with Crippen LogP contribution in [0.5, 0.6) is 11.6 Å². The van der Waals surface area contributed by atoms with E-state index in [0.29, 0.717) is 11.6 Å². The first-order valence-electron chi connectivity index (χ1n) is 6.02. The van der Waals surface area contributed by atoms with Gasteiger partial charge in [0, 0.05) is 16.8 Å². The number of nitrogens with zero attached hydrogens (tertiary/aromatic N) is 1. The fraction of sp³-hybridized carbons (Fsp3) is 0.267. The van der Waals surface area contributed by atoms with Crippen molar-refractivity contribution in [2.24, 2.45) is 0 Å². The Kier molecular flexibility index (Phi) is 4.08. The van der Waals surface area contributed by atoms with Crippen LogP contribution >= 0.6 is 11.6 Å². The van der Waals surface area contributed by atoms with Crippen molar-refractivity contribution < 1.29 is 9.84 Å². The van der Waals surface area contributed by atoms with Crippen molar-refractivity contribution in [1.82, 2.24) is 4.98 Å². The van der Waals surface area contributed by atoms with Gasteiger partial charge >= 0.3 is 0 Å². The summed E-state index contributed by atoms with van der Waals surface area (Å²) >= 11 is 6.12. The average molecular weight is 278 g/mol. The standard InChI is InChI=1S/C15H16ClNO2/c1-9-5-13(6-10(2)14(9)16)19-15-11(3)4-12(8-18)7-17-15/h4-7,18H,8H2,1-3H3. The Morgan fingerprint density at radius 3 is 2.26 bits per heavy atom. The zero-order valence-corrected chi connectivity index (χ0v) is 12.0. The molecule has 0 bridgehead atoms. The minimum Gasteiger partial charge on any atom is -0.439 e. The number of aliphatic hydroxyl groups excluding tert-OH is 1. The Hall–Kier alpha value is -1.58. The topological polar surface area (TPSA) is 42.4 Å². The first-order valence-corrected chi connectivity index (χ1v) is 6.40. The maximum atomic E-state index is 9.05. The van der Waals surface area contributed by atoms with Gasteiger partial charge in [-0.3, -0.25) is 0 Å². The summed E-state index contributed by atoms with van der Waals surface area (Å²) in [5, 5.41) is 9.81. The molecule has 19 heavy (non-hydrogen) atoms. The molecular formula is C15H16ClNO2. The molecule has 0 saturated heterocycles. The Bertz CT molecular complexity index is 588. The Balaban J connectivity index is 2.31. The summed E-state index contributed by atoms with van der Waals surface area (Å²) < 4.78 is 5.77. The Labute approximate surface area is 117 Å². The first-order chi connectivity index (χ1) is 9.01. The molecule has 2 rings (SSSR count). The Morgan fingerprint density at radius 2 is 1.74 bits per heavy atom. The molecule has 0 unspecified atom stereocenters. The van der Waals surface area contributed by atoms with Gasteiger partial charge in [-0.1, -0.05) is 11.6 Å². The second kappa shape index (κ2) is 5.59. The number of rotatable bonds is 3. The van der Waals surface area contributed by atoms with Crippen LogP contribution in [0.15, 0.2) is 24.4 Å². The van der Waals surface area contributed by atoms with Crippen LogP contribution in [0.1, 0.15) is 22.3 Å². The molecular weight excluding hydrogens is 262 g/mol. The normalized spacial score (nSPS) is 10.6. The van der Waals surface area contributed by atoms with Gasteiger partial charge in [0.2, 0.25) is 5.88 Å². The third-order valence-electron chi connectivity index (χ3n) is 2.89. The molecule has 1 aromatic heterocycles. The van der Waals surface area contributed by atoms with Gasteiger partial charge in [-0.05, 0) is 55.7 Å². The molecule has 0 radical (unpaired) electrons. The predicted octanol–water partition coefficient (Wildman–Crippen LogP) is 3.94. The van der Waals surface area contributed by atoms with Crippen molar-refractivity contribution in [3.63, 3.8) is 0 Å². The number of aliphatic hydroxyl groups is 1. The molecule has 4 heteroatoms. The molecule has 3 nitrogen and oxygen atoms in total. The number of halogens is 1. The SMILES string of the molecule is Cc1cc(CO)cnc1Oc1cc(C)c(Cl)c(C)c1. The van der Waals surface area contributed by atoms with Crippen molar-refractivity contribution in [1.29, 1.82) is 0 Å². The zero-order chi connectivity index (χ0) is 14.0. The summed E-state index contributed by atoms with van der Waals surface area (Å²) in [6.45, 7) is 5.76. The second-order valence-electron chi connectivity index (χ2n) is 4.60. The highest BCUT2D eigenvalue weighted by Crippen LogP contribution is 2.29. The minimum absolute atomic E-state index is 0.0206. The minimum atomic E-state index is -0.0206. The summed E-state index contributed by atoms with van der Waals surface area (Å²) in [4.78, 5) is 4.21. The van der Waals surface area contributed by atoms with E-state index < -0.39 is 0 Å². The molecule has 1 heterocycles. The van der Waals surface area contributed by atoms with E-state index in [1.807, 2.05) is 39.0 Å². The summed E-state index contributed by atoms with van der Waals surface area (Å²) in [7, 11) is 0. The summed E-state index contributed by atoms with van der Waals surface area (Å²) in [5.41, 5.74) is 3.60. The first kappa shape index (κ1) is 13.8. The molecule has 0 aliphatic carbocycles. The highest BCUT2D eigenvalue weighted by molar-refractivity contribution is 6.32. The van der Waals surface area contributed by atoms with E-state index in [1.54, 1.807) is 6.20 Å². The van der Waals surface area contributed by atoms with Crippen LogP contribution in [0.4, 0.5) is 0 Å². The lowest BCUT2D eigenvalue weighted by Crippen LogP contribution is -1.95. The molecule has 2 aromatic rings. The molecule has 0 amide bonds. The van der Waals surface area contributed by atoms with Crippen molar-refractivity contribution in [2.75, 3.05) is 0 Å². The van der Waals surface area contributed by atoms with E-state index in [2.05, 4.69) is 4.98 Å². The average Bonchev–Trinajstić information content (AvgIpc) is 2.38. The fourth-order valence-electron chi connectivity index (χ4n) is 1.89. The highest BCUT2D eigenvalue weighted by Gasteiger charge is 2.07. The molecule has 0 aliphatic rings. The van der Waals surface area contributed by atoms with Crippen molar-refractivity contribution in [3.05, 3.63) is 51.7 Å². The molecule has 1 aromatic carbocycles. The van der Waals surface area contributed by atoms with Gasteiger partial charge in [0.25, 0.3) is 0 Å². The quantitative estimate of drug-likeness (QED) is 0.924. The maximum absolute atomic E-state index is 9.05. The molecule has 0 fully saturated rings. The van der Waals surface area contributed by atoms with Crippen LogP contribution in [0.25, 0.3) is 0 Å². The van der Waals surface area contributed by atoms with Gasteiger partial charge in [0.15, 0.2) is 0 Å². The lowest BCUT2D eigenvalue weighted by Gasteiger charge is -2.11. The van der Waals surface area contributed by atoms with Crippen LogP contribution in [0, 0.1) is 20.8 Å². The molecule has 1 N–H and O–H groups in total. The summed E-state index contributed by atoms with van der Waals surface area (Å²) in [6, 6.07) is 5.63. The van der Waals surface area contributed by atoms with E-state index in [0.717, 1.165) is 27.3 Å². The predicted molar refractivity (Wildman–Crippen MR) is 75.9 cm³/mol. The van der Waals surface area contributed by atoms with Gasteiger partial charge in [0.1, 0.15) is 5.75 Å². The summed E-state index contributed by atoms with van der Waals surface area (Å²) in [6.07, 6.45) is 1.61. The number of hydrogen-bond donors (Lipinski definition) is 1. The lowest BCUT2D eigenvalue weighted by atomic mass is 10.1. The number of benzene rings is 1. The lowest BCUT2D eigenvalue weighted by molar-refractivity contribution is 0.281. The number of pyridine rings is 1. The maximum Gasteiger partial charge on any atom is 0.222 e.